The summed E-state index contributed by atoms with van der Waals surface area (Å²) in [7, 11) is 0. The summed E-state index contributed by atoms with van der Waals surface area (Å²) in [5.41, 5.74) is 2.54. The molecule has 3 rings (SSSR count). The first-order chi connectivity index (χ1) is 10.5. The highest BCUT2D eigenvalue weighted by atomic mass is 16.4. The van der Waals surface area contributed by atoms with Gasteiger partial charge >= 0.3 is 5.97 Å². The molecule has 1 atom stereocenters. The Morgan fingerprint density at radius 2 is 2.18 bits per heavy atom. The molecule has 0 aromatic carbocycles. The molecule has 0 bridgehead atoms. The highest BCUT2D eigenvalue weighted by Crippen LogP contribution is 2.25. The average molecular weight is 301 g/mol. The molecule has 2 heterocycles. The summed E-state index contributed by atoms with van der Waals surface area (Å²) in [5.74, 6) is -0.462. The van der Waals surface area contributed by atoms with Crippen molar-refractivity contribution in [3.63, 3.8) is 0 Å². The van der Waals surface area contributed by atoms with Gasteiger partial charge < -0.3 is 10.4 Å². The summed E-state index contributed by atoms with van der Waals surface area (Å²) >= 11 is 0. The highest BCUT2D eigenvalue weighted by molar-refractivity contribution is 5.84. The van der Waals surface area contributed by atoms with Crippen LogP contribution in [0.25, 0.3) is 0 Å². The van der Waals surface area contributed by atoms with Crippen LogP contribution in [0.2, 0.25) is 0 Å². The van der Waals surface area contributed by atoms with Crippen molar-refractivity contribution in [2.24, 2.45) is 0 Å². The van der Waals surface area contributed by atoms with Gasteiger partial charge in [-0.15, -0.1) is 0 Å². The SMILES string of the molecule is CC(C)n1ncc2c1CC(Nc1cnc(C(=O)O)cn1)CC2. The second-order valence-electron chi connectivity index (χ2n) is 5.83. The Morgan fingerprint density at radius 1 is 1.36 bits per heavy atom. The molecule has 7 heteroatoms. The minimum atomic E-state index is -1.07. The van der Waals surface area contributed by atoms with Crippen LogP contribution in [-0.2, 0) is 12.8 Å². The minimum Gasteiger partial charge on any atom is -0.476 e. The molecule has 22 heavy (non-hydrogen) atoms. The lowest BCUT2D eigenvalue weighted by Gasteiger charge is -2.25. The van der Waals surface area contributed by atoms with E-state index in [9.17, 15) is 4.79 Å². The molecular formula is C15H19N5O2. The smallest absolute Gasteiger partial charge is 0.356 e. The Morgan fingerprint density at radius 3 is 2.82 bits per heavy atom. The molecule has 0 radical (unpaired) electrons. The van der Waals surface area contributed by atoms with Crippen LogP contribution in [0.4, 0.5) is 5.82 Å². The molecule has 0 fully saturated rings. The molecule has 2 N–H and O–H groups in total. The van der Waals surface area contributed by atoms with Crippen LogP contribution in [0.1, 0.15) is 48.1 Å². The summed E-state index contributed by atoms with van der Waals surface area (Å²) in [6.07, 6.45) is 7.58. The highest BCUT2D eigenvalue weighted by Gasteiger charge is 2.23. The number of hydrogen-bond acceptors (Lipinski definition) is 5. The number of nitrogens with zero attached hydrogens (tertiary/aromatic N) is 4. The van der Waals surface area contributed by atoms with Crippen molar-refractivity contribution in [1.82, 2.24) is 19.7 Å². The molecule has 0 aliphatic heterocycles. The van der Waals surface area contributed by atoms with E-state index in [2.05, 4.69) is 38.9 Å². The average Bonchev–Trinajstić information content (AvgIpc) is 2.91. The fourth-order valence-electron chi connectivity index (χ4n) is 2.81. The van der Waals surface area contributed by atoms with Gasteiger partial charge in [0.25, 0.3) is 0 Å². The molecule has 1 unspecified atom stereocenters. The fourth-order valence-corrected chi connectivity index (χ4v) is 2.81. The molecule has 1 aliphatic carbocycles. The normalized spacial score (nSPS) is 17.3. The largest absolute Gasteiger partial charge is 0.476 e. The van der Waals surface area contributed by atoms with Gasteiger partial charge in [-0.1, -0.05) is 0 Å². The van der Waals surface area contributed by atoms with Gasteiger partial charge in [-0.2, -0.15) is 5.10 Å². The zero-order valence-corrected chi connectivity index (χ0v) is 12.7. The number of nitrogens with one attached hydrogen (secondary N) is 1. The maximum absolute atomic E-state index is 10.8. The van der Waals surface area contributed by atoms with E-state index in [4.69, 9.17) is 5.11 Å². The molecule has 2 aromatic heterocycles. The van der Waals surface area contributed by atoms with Crippen molar-refractivity contribution < 1.29 is 9.90 Å². The Labute approximate surface area is 128 Å². The van der Waals surface area contributed by atoms with Crippen LogP contribution in [0.3, 0.4) is 0 Å². The van der Waals surface area contributed by atoms with Crippen LogP contribution in [0.5, 0.6) is 0 Å². The van der Waals surface area contributed by atoms with E-state index < -0.39 is 5.97 Å². The standard InChI is InChI=1S/C15H19N5O2/c1-9(2)20-13-5-11(4-3-10(13)6-18-20)19-14-8-16-12(7-17-14)15(21)22/h6-9,11H,3-5H2,1-2H3,(H,17,19)(H,21,22). The van der Waals surface area contributed by atoms with Crippen molar-refractivity contribution in [2.75, 3.05) is 5.32 Å². The van der Waals surface area contributed by atoms with E-state index in [1.807, 2.05) is 6.20 Å². The third kappa shape index (κ3) is 2.79. The lowest BCUT2D eigenvalue weighted by atomic mass is 9.93. The van der Waals surface area contributed by atoms with E-state index >= 15 is 0 Å². The summed E-state index contributed by atoms with van der Waals surface area (Å²) in [4.78, 5) is 18.8. The number of fused-ring (bicyclic) bond motifs is 1. The Hall–Kier alpha value is -2.44. The Balaban J connectivity index is 1.72. The van der Waals surface area contributed by atoms with Crippen molar-refractivity contribution in [2.45, 2.75) is 45.2 Å². The van der Waals surface area contributed by atoms with Crippen LogP contribution in [-0.4, -0.2) is 36.9 Å². The molecule has 2 aromatic rings. The molecule has 0 spiro atoms. The van der Waals surface area contributed by atoms with Crippen LogP contribution >= 0.6 is 0 Å². The van der Waals surface area contributed by atoms with E-state index in [1.165, 1.54) is 23.7 Å². The maximum Gasteiger partial charge on any atom is 0.356 e. The monoisotopic (exact) mass is 301 g/mol. The van der Waals surface area contributed by atoms with Crippen molar-refractivity contribution >= 4 is 11.8 Å². The van der Waals surface area contributed by atoms with Crippen molar-refractivity contribution in [3.8, 4) is 0 Å². The van der Waals surface area contributed by atoms with Crippen molar-refractivity contribution in [1.29, 1.82) is 0 Å². The Bertz CT molecular complexity index is 678. The second-order valence-corrected chi connectivity index (χ2v) is 5.83. The third-order valence-corrected chi connectivity index (χ3v) is 3.90. The summed E-state index contributed by atoms with van der Waals surface area (Å²) in [5, 5.41) is 16.6. The van der Waals surface area contributed by atoms with Gasteiger partial charge in [0.2, 0.25) is 0 Å². The number of rotatable bonds is 4. The fraction of sp³-hybridized carbons (Fsp3) is 0.467. The van der Waals surface area contributed by atoms with Gasteiger partial charge in [-0.05, 0) is 32.3 Å². The number of anilines is 1. The van der Waals surface area contributed by atoms with E-state index in [-0.39, 0.29) is 11.7 Å². The number of aryl methyl sites for hydroxylation is 1. The minimum absolute atomic E-state index is 0.0469. The molecule has 7 nitrogen and oxygen atoms in total. The lowest BCUT2D eigenvalue weighted by Crippen LogP contribution is -2.29. The van der Waals surface area contributed by atoms with Gasteiger partial charge in [-0.25, -0.2) is 14.8 Å². The number of carbonyl (C=O) groups is 1. The lowest BCUT2D eigenvalue weighted by molar-refractivity contribution is 0.0690. The first-order valence-electron chi connectivity index (χ1n) is 7.41. The van der Waals surface area contributed by atoms with Crippen LogP contribution in [0, 0.1) is 0 Å². The first kappa shape index (κ1) is 14.5. The maximum atomic E-state index is 10.8. The van der Waals surface area contributed by atoms with E-state index in [1.54, 1.807) is 0 Å². The van der Waals surface area contributed by atoms with E-state index in [0.717, 1.165) is 19.3 Å². The predicted octanol–water partition coefficient (Wildman–Crippen LogP) is 1.92. The zero-order chi connectivity index (χ0) is 15.7. The van der Waals surface area contributed by atoms with Gasteiger partial charge in [0, 0.05) is 24.2 Å². The molecule has 0 saturated carbocycles. The summed E-state index contributed by atoms with van der Waals surface area (Å²) in [6.45, 7) is 4.25. The van der Waals surface area contributed by atoms with Crippen molar-refractivity contribution in [3.05, 3.63) is 35.5 Å². The molecular weight excluding hydrogens is 282 g/mol. The Kier molecular flexibility index (Phi) is 3.79. The number of aromatic carboxylic acids is 1. The number of hydrogen-bond donors (Lipinski definition) is 2. The molecule has 116 valence electrons. The van der Waals surface area contributed by atoms with Crippen LogP contribution in [0.15, 0.2) is 18.6 Å². The quantitative estimate of drug-likeness (QED) is 0.896. The second kappa shape index (κ2) is 5.75. The number of carboxylic acids is 1. The number of aromatic nitrogens is 4. The number of carboxylic acid groups (broad SMARTS) is 1. The first-order valence-corrected chi connectivity index (χ1v) is 7.41. The summed E-state index contributed by atoms with van der Waals surface area (Å²) in [6, 6.07) is 0.601. The third-order valence-electron chi connectivity index (χ3n) is 3.90. The topological polar surface area (TPSA) is 92.9 Å². The van der Waals surface area contributed by atoms with Gasteiger partial charge in [0.05, 0.1) is 18.6 Å². The van der Waals surface area contributed by atoms with Gasteiger partial charge in [0.15, 0.2) is 5.69 Å². The van der Waals surface area contributed by atoms with E-state index in [0.29, 0.717) is 11.9 Å². The zero-order valence-electron chi connectivity index (χ0n) is 12.7. The van der Waals surface area contributed by atoms with Crippen LogP contribution < -0.4 is 5.32 Å². The predicted molar refractivity (Wildman–Crippen MR) is 81.0 cm³/mol. The molecule has 0 amide bonds. The van der Waals surface area contributed by atoms with Gasteiger partial charge in [0.1, 0.15) is 5.82 Å². The molecule has 1 aliphatic rings. The van der Waals surface area contributed by atoms with Gasteiger partial charge in [-0.3, -0.25) is 4.68 Å². The molecule has 0 saturated heterocycles. The summed E-state index contributed by atoms with van der Waals surface area (Å²) < 4.78 is 2.07.